The smallest absolute Gasteiger partial charge is 0.132 e. The van der Waals surface area contributed by atoms with Crippen LogP contribution in [0.15, 0.2) is 10.7 Å². The molecule has 5 nitrogen and oxygen atoms in total. The van der Waals surface area contributed by atoms with Gasteiger partial charge in [-0.15, -0.1) is 0 Å². The largest absolute Gasteiger partial charge is 0.388 e. The van der Waals surface area contributed by atoms with Gasteiger partial charge >= 0.3 is 0 Å². The van der Waals surface area contributed by atoms with Crippen molar-refractivity contribution in [3.8, 4) is 0 Å². The summed E-state index contributed by atoms with van der Waals surface area (Å²) in [5, 5.41) is 13.3. The lowest BCUT2D eigenvalue weighted by Crippen LogP contribution is -2.35. The van der Waals surface area contributed by atoms with Crippen molar-refractivity contribution in [2.45, 2.75) is 38.7 Å². The van der Waals surface area contributed by atoms with Crippen molar-refractivity contribution in [2.24, 2.45) is 0 Å². The van der Waals surface area contributed by atoms with Gasteiger partial charge in [-0.1, -0.05) is 6.92 Å². The third kappa shape index (κ3) is 6.31. The fraction of sp³-hybridized carbons (Fsp3) is 0.692. The Morgan fingerprint density at radius 1 is 1.47 bits per heavy atom. The number of hydrogen-bond donors (Lipinski definition) is 2. The summed E-state index contributed by atoms with van der Waals surface area (Å²) in [4.78, 5) is 8.71. The molecule has 1 heterocycles. The van der Waals surface area contributed by atoms with Crippen molar-refractivity contribution in [3.05, 3.63) is 16.5 Å². The van der Waals surface area contributed by atoms with Crippen LogP contribution in [0.25, 0.3) is 0 Å². The predicted octanol–water partition coefficient (Wildman–Crippen LogP) is 2.39. The van der Waals surface area contributed by atoms with E-state index in [2.05, 4.69) is 38.1 Å². The highest BCUT2D eigenvalue weighted by Gasteiger charge is 2.20. The molecule has 1 unspecified atom stereocenters. The van der Waals surface area contributed by atoms with Gasteiger partial charge in [-0.3, -0.25) is 0 Å². The molecule has 108 valence electrons. The Morgan fingerprint density at radius 2 is 2.21 bits per heavy atom. The van der Waals surface area contributed by atoms with Crippen molar-refractivity contribution in [1.82, 2.24) is 9.97 Å². The number of hydrogen-bond acceptors (Lipinski definition) is 5. The second-order valence-electron chi connectivity index (χ2n) is 4.84. The first-order valence-corrected chi connectivity index (χ1v) is 7.25. The minimum absolute atomic E-state index is 0.422. The average molecular weight is 332 g/mol. The number of methoxy groups -OCH3 is 1. The van der Waals surface area contributed by atoms with Gasteiger partial charge in [-0.2, -0.15) is 0 Å². The molecule has 0 aliphatic heterocycles. The molecular weight excluding hydrogens is 310 g/mol. The summed E-state index contributed by atoms with van der Waals surface area (Å²) in [5.41, 5.74) is -0.821. The zero-order valence-corrected chi connectivity index (χ0v) is 13.3. The van der Waals surface area contributed by atoms with Crippen LogP contribution in [0.5, 0.6) is 0 Å². The molecule has 0 amide bonds. The van der Waals surface area contributed by atoms with Crippen LogP contribution in [0.4, 0.5) is 5.82 Å². The quantitative estimate of drug-likeness (QED) is 0.716. The summed E-state index contributed by atoms with van der Waals surface area (Å²) < 4.78 is 5.73. The van der Waals surface area contributed by atoms with Crippen LogP contribution in [0.3, 0.4) is 0 Å². The lowest BCUT2D eigenvalue weighted by Gasteiger charge is -2.23. The molecular formula is C13H22BrN3O2. The van der Waals surface area contributed by atoms with Crippen LogP contribution in [0.1, 0.15) is 32.5 Å². The van der Waals surface area contributed by atoms with Gasteiger partial charge in [0.05, 0.1) is 5.60 Å². The van der Waals surface area contributed by atoms with Gasteiger partial charge in [0, 0.05) is 39.2 Å². The molecule has 0 aromatic carbocycles. The first-order chi connectivity index (χ1) is 8.96. The summed E-state index contributed by atoms with van der Waals surface area (Å²) in [6.45, 7) is 4.82. The zero-order chi connectivity index (χ0) is 14.3. The monoisotopic (exact) mass is 331 g/mol. The fourth-order valence-electron chi connectivity index (χ4n) is 1.58. The van der Waals surface area contributed by atoms with E-state index in [4.69, 9.17) is 4.74 Å². The number of halogens is 1. The van der Waals surface area contributed by atoms with Gasteiger partial charge in [0.1, 0.15) is 16.2 Å². The van der Waals surface area contributed by atoms with E-state index < -0.39 is 5.60 Å². The molecule has 1 aromatic heterocycles. The molecule has 0 bridgehead atoms. The molecule has 19 heavy (non-hydrogen) atoms. The van der Waals surface area contributed by atoms with E-state index in [-0.39, 0.29) is 0 Å². The van der Waals surface area contributed by atoms with E-state index in [1.807, 2.05) is 6.07 Å². The van der Waals surface area contributed by atoms with Gasteiger partial charge in [-0.25, -0.2) is 9.97 Å². The Balaban J connectivity index is 2.61. The van der Waals surface area contributed by atoms with Crippen molar-refractivity contribution in [3.63, 3.8) is 0 Å². The Hall–Kier alpha value is -0.720. The van der Waals surface area contributed by atoms with E-state index in [1.54, 1.807) is 14.0 Å². The molecule has 0 spiro atoms. The van der Waals surface area contributed by atoms with Gasteiger partial charge < -0.3 is 15.2 Å². The van der Waals surface area contributed by atoms with Crippen LogP contribution in [0.2, 0.25) is 0 Å². The van der Waals surface area contributed by atoms with Gasteiger partial charge in [0.15, 0.2) is 0 Å². The number of rotatable bonds is 8. The van der Waals surface area contributed by atoms with E-state index in [1.165, 1.54) is 0 Å². The van der Waals surface area contributed by atoms with Crippen molar-refractivity contribution < 1.29 is 9.84 Å². The van der Waals surface area contributed by atoms with Crippen molar-refractivity contribution in [2.75, 3.05) is 25.6 Å². The van der Waals surface area contributed by atoms with Crippen LogP contribution in [-0.2, 0) is 11.2 Å². The third-order valence-corrected chi connectivity index (χ3v) is 3.12. The highest BCUT2D eigenvalue weighted by atomic mass is 79.9. The highest BCUT2D eigenvalue weighted by molar-refractivity contribution is 9.10. The van der Waals surface area contributed by atoms with Crippen LogP contribution in [-0.4, -0.2) is 40.9 Å². The van der Waals surface area contributed by atoms with Crippen molar-refractivity contribution >= 4 is 21.7 Å². The summed E-state index contributed by atoms with van der Waals surface area (Å²) in [6, 6.07) is 1.81. The van der Waals surface area contributed by atoms with Crippen LogP contribution < -0.4 is 5.32 Å². The molecule has 0 fully saturated rings. The minimum Gasteiger partial charge on any atom is -0.388 e. The van der Waals surface area contributed by atoms with Gasteiger partial charge in [-0.05, 0) is 29.3 Å². The molecule has 0 aliphatic rings. The maximum atomic E-state index is 10.2. The number of nitrogens with zero attached hydrogens (tertiary/aromatic N) is 2. The molecule has 0 radical (unpaired) electrons. The number of aryl methyl sites for hydroxylation is 1. The number of nitrogens with one attached hydrogen (secondary N) is 1. The maximum Gasteiger partial charge on any atom is 0.132 e. The second kappa shape index (κ2) is 7.77. The number of ether oxygens (including phenoxy) is 1. The first-order valence-electron chi connectivity index (χ1n) is 6.45. The maximum absolute atomic E-state index is 10.2. The number of aromatic nitrogens is 2. The van der Waals surface area contributed by atoms with E-state index in [0.717, 1.165) is 29.1 Å². The van der Waals surface area contributed by atoms with E-state index >= 15 is 0 Å². The topological polar surface area (TPSA) is 67.3 Å². The second-order valence-corrected chi connectivity index (χ2v) is 5.65. The molecule has 0 saturated heterocycles. The van der Waals surface area contributed by atoms with Crippen molar-refractivity contribution in [1.29, 1.82) is 0 Å². The summed E-state index contributed by atoms with van der Waals surface area (Å²) in [6.07, 6.45) is 2.42. The molecule has 0 saturated carbocycles. The minimum atomic E-state index is -0.821. The molecule has 0 aliphatic carbocycles. The normalized spacial score (nSPS) is 14.2. The molecule has 2 N–H and O–H groups in total. The third-order valence-electron chi connectivity index (χ3n) is 2.71. The predicted molar refractivity (Wildman–Crippen MR) is 79.3 cm³/mol. The SMILES string of the molecule is CCCc1nc(Br)cc(NCC(C)(O)CCOC)n1. The Labute approximate surface area is 122 Å². The average Bonchev–Trinajstić information content (AvgIpc) is 2.34. The molecule has 1 aromatic rings. The summed E-state index contributed by atoms with van der Waals surface area (Å²) in [5.74, 6) is 1.53. The van der Waals surface area contributed by atoms with E-state index in [0.29, 0.717) is 19.6 Å². The number of anilines is 1. The zero-order valence-electron chi connectivity index (χ0n) is 11.7. The first kappa shape index (κ1) is 16.3. The van der Waals surface area contributed by atoms with Crippen LogP contribution in [0, 0.1) is 0 Å². The molecule has 6 heteroatoms. The fourth-order valence-corrected chi connectivity index (χ4v) is 2.00. The lowest BCUT2D eigenvalue weighted by molar-refractivity contribution is 0.0357. The van der Waals surface area contributed by atoms with Gasteiger partial charge in [0.2, 0.25) is 0 Å². The van der Waals surface area contributed by atoms with E-state index in [9.17, 15) is 5.11 Å². The Kier molecular flexibility index (Phi) is 6.68. The Morgan fingerprint density at radius 3 is 2.84 bits per heavy atom. The van der Waals surface area contributed by atoms with Crippen LogP contribution >= 0.6 is 15.9 Å². The molecule has 1 atom stereocenters. The van der Waals surface area contributed by atoms with Gasteiger partial charge in [0.25, 0.3) is 0 Å². The Bertz CT molecular complexity index is 399. The number of aliphatic hydroxyl groups is 1. The summed E-state index contributed by atoms with van der Waals surface area (Å²) in [7, 11) is 1.63. The lowest BCUT2D eigenvalue weighted by atomic mass is 10.0. The highest BCUT2D eigenvalue weighted by Crippen LogP contribution is 2.15. The standard InChI is InChI=1S/C13H22BrN3O2/c1-4-5-11-16-10(14)8-12(17-11)15-9-13(2,18)6-7-19-3/h8,18H,4-7,9H2,1-3H3,(H,15,16,17). The molecule has 1 rings (SSSR count). The summed E-state index contributed by atoms with van der Waals surface area (Å²) >= 11 is 3.37.